The third-order valence-corrected chi connectivity index (χ3v) is 3.64. The molecular formula is C18H13FN4O4. The molecule has 0 radical (unpaired) electrons. The number of amides is 1. The summed E-state index contributed by atoms with van der Waals surface area (Å²) in [5, 5.41) is 17.3. The van der Waals surface area contributed by atoms with Gasteiger partial charge in [0.2, 0.25) is 5.91 Å². The molecular weight excluding hydrogens is 355 g/mol. The largest absolute Gasteiger partial charge is 0.324 e. The van der Waals surface area contributed by atoms with Gasteiger partial charge in [-0.1, -0.05) is 6.07 Å². The van der Waals surface area contributed by atoms with Crippen LogP contribution in [0.15, 0.2) is 65.5 Å². The smallest absolute Gasteiger partial charge is 0.269 e. The predicted octanol–water partition coefficient (Wildman–Crippen LogP) is 2.60. The van der Waals surface area contributed by atoms with Crippen molar-refractivity contribution in [1.29, 1.82) is 0 Å². The van der Waals surface area contributed by atoms with Crippen LogP contribution in [-0.2, 0) is 11.3 Å². The molecule has 2 aromatic carbocycles. The number of nitro benzene ring substituents is 1. The van der Waals surface area contributed by atoms with Gasteiger partial charge in [0.1, 0.15) is 12.4 Å². The number of non-ortho nitro benzene ring substituents is 1. The second-order valence-corrected chi connectivity index (χ2v) is 5.58. The van der Waals surface area contributed by atoms with E-state index >= 15 is 0 Å². The van der Waals surface area contributed by atoms with E-state index in [0.29, 0.717) is 11.3 Å². The molecule has 3 aromatic rings. The molecule has 1 N–H and O–H groups in total. The highest BCUT2D eigenvalue weighted by Gasteiger charge is 2.10. The number of halogens is 1. The van der Waals surface area contributed by atoms with E-state index in [2.05, 4.69) is 10.4 Å². The zero-order valence-electron chi connectivity index (χ0n) is 13.8. The molecule has 0 fully saturated rings. The van der Waals surface area contributed by atoms with Crippen LogP contribution in [0.1, 0.15) is 0 Å². The number of anilines is 1. The van der Waals surface area contributed by atoms with Crippen molar-refractivity contribution in [2.45, 2.75) is 6.54 Å². The van der Waals surface area contributed by atoms with Crippen LogP contribution in [0.2, 0.25) is 0 Å². The van der Waals surface area contributed by atoms with E-state index in [0.717, 1.165) is 10.7 Å². The SMILES string of the molecule is O=C(Cn1nc(-c2ccc([N+](=O)[O-])cc2)ccc1=O)Nc1cccc(F)c1. The average Bonchev–Trinajstić information content (AvgIpc) is 2.63. The molecule has 0 aliphatic heterocycles. The summed E-state index contributed by atoms with van der Waals surface area (Å²) in [4.78, 5) is 34.3. The van der Waals surface area contributed by atoms with Crippen molar-refractivity contribution in [2.75, 3.05) is 5.32 Å². The van der Waals surface area contributed by atoms with Gasteiger partial charge in [0.25, 0.3) is 11.2 Å². The zero-order chi connectivity index (χ0) is 19.4. The van der Waals surface area contributed by atoms with Crippen LogP contribution in [0.25, 0.3) is 11.3 Å². The fourth-order valence-corrected chi connectivity index (χ4v) is 2.37. The van der Waals surface area contributed by atoms with E-state index in [1.807, 2.05) is 0 Å². The van der Waals surface area contributed by atoms with Crippen LogP contribution in [0.3, 0.4) is 0 Å². The molecule has 0 saturated carbocycles. The maximum Gasteiger partial charge on any atom is 0.269 e. The monoisotopic (exact) mass is 368 g/mol. The normalized spacial score (nSPS) is 10.4. The maximum atomic E-state index is 13.2. The highest BCUT2D eigenvalue weighted by atomic mass is 19.1. The van der Waals surface area contributed by atoms with Crippen molar-refractivity contribution in [1.82, 2.24) is 9.78 Å². The first-order chi connectivity index (χ1) is 12.9. The lowest BCUT2D eigenvalue weighted by molar-refractivity contribution is -0.384. The number of aromatic nitrogens is 2. The van der Waals surface area contributed by atoms with E-state index in [9.17, 15) is 24.1 Å². The highest BCUT2D eigenvalue weighted by Crippen LogP contribution is 2.19. The topological polar surface area (TPSA) is 107 Å². The summed E-state index contributed by atoms with van der Waals surface area (Å²) >= 11 is 0. The van der Waals surface area contributed by atoms with Crippen molar-refractivity contribution >= 4 is 17.3 Å². The Morgan fingerprint density at radius 1 is 1.15 bits per heavy atom. The molecule has 1 amide bonds. The van der Waals surface area contributed by atoms with Crippen molar-refractivity contribution in [2.24, 2.45) is 0 Å². The first-order valence-corrected chi connectivity index (χ1v) is 7.81. The fraction of sp³-hybridized carbons (Fsp3) is 0.0556. The van der Waals surface area contributed by atoms with Gasteiger partial charge < -0.3 is 5.32 Å². The Morgan fingerprint density at radius 2 is 1.89 bits per heavy atom. The van der Waals surface area contributed by atoms with Crippen LogP contribution in [0.4, 0.5) is 15.8 Å². The minimum absolute atomic E-state index is 0.0680. The van der Waals surface area contributed by atoms with E-state index in [4.69, 9.17) is 0 Å². The second kappa shape index (κ2) is 7.56. The number of hydrogen-bond acceptors (Lipinski definition) is 5. The van der Waals surface area contributed by atoms with E-state index in [1.165, 1.54) is 54.6 Å². The summed E-state index contributed by atoms with van der Waals surface area (Å²) in [6, 6.07) is 13.7. The lowest BCUT2D eigenvalue weighted by Gasteiger charge is -2.08. The quantitative estimate of drug-likeness (QED) is 0.550. The first-order valence-electron chi connectivity index (χ1n) is 7.81. The molecule has 8 nitrogen and oxygen atoms in total. The van der Waals surface area contributed by atoms with Crippen molar-refractivity contribution < 1.29 is 14.1 Å². The van der Waals surface area contributed by atoms with Gasteiger partial charge in [-0.3, -0.25) is 19.7 Å². The molecule has 0 saturated heterocycles. The molecule has 0 aliphatic rings. The molecule has 0 atom stereocenters. The number of hydrogen-bond donors (Lipinski definition) is 1. The number of carbonyl (C=O) groups is 1. The van der Waals surface area contributed by atoms with Crippen molar-refractivity contribution in [3.05, 3.63) is 86.9 Å². The van der Waals surface area contributed by atoms with E-state index in [1.54, 1.807) is 0 Å². The summed E-state index contributed by atoms with van der Waals surface area (Å²) in [5.74, 6) is -1.04. The number of nitrogens with zero attached hydrogens (tertiary/aromatic N) is 3. The summed E-state index contributed by atoms with van der Waals surface area (Å²) in [5.41, 5.74) is 0.638. The minimum Gasteiger partial charge on any atom is -0.324 e. The fourth-order valence-electron chi connectivity index (χ4n) is 2.37. The molecule has 1 heterocycles. The van der Waals surface area contributed by atoms with Crippen LogP contribution in [0.5, 0.6) is 0 Å². The number of nitro groups is 1. The standard InChI is InChI=1S/C18H13FN4O4/c19-13-2-1-3-14(10-13)20-17(24)11-22-18(25)9-8-16(21-22)12-4-6-15(7-5-12)23(26)27/h1-10H,11H2,(H,20,24). The summed E-state index contributed by atoms with van der Waals surface area (Å²) in [6.07, 6.45) is 0. The molecule has 27 heavy (non-hydrogen) atoms. The molecule has 0 bridgehead atoms. The molecule has 9 heteroatoms. The molecule has 0 unspecified atom stereocenters. The lowest BCUT2D eigenvalue weighted by Crippen LogP contribution is -2.29. The van der Waals surface area contributed by atoms with Crippen molar-refractivity contribution in [3.8, 4) is 11.3 Å². The Labute approximate surface area is 152 Å². The number of benzene rings is 2. The molecule has 1 aromatic heterocycles. The van der Waals surface area contributed by atoms with Gasteiger partial charge in [-0.15, -0.1) is 0 Å². The molecule has 0 aliphatic carbocycles. The van der Waals surface area contributed by atoms with Gasteiger partial charge in [0.05, 0.1) is 10.6 Å². The highest BCUT2D eigenvalue weighted by molar-refractivity contribution is 5.90. The average molecular weight is 368 g/mol. The maximum absolute atomic E-state index is 13.2. The van der Waals surface area contributed by atoms with E-state index < -0.39 is 22.2 Å². The Morgan fingerprint density at radius 3 is 2.56 bits per heavy atom. The number of nitrogens with one attached hydrogen (secondary N) is 1. The predicted molar refractivity (Wildman–Crippen MR) is 95.6 cm³/mol. The van der Waals surface area contributed by atoms with Gasteiger partial charge in [-0.25, -0.2) is 9.07 Å². The lowest BCUT2D eigenvalue weighted by atomic mass is 10.1. The number of carbonyl (C=O) groups excluding carboxylic acids is 1. The Kier molecular flexibility index (Phi) is 5.02. The zero-order valence-corrected chi connectivity index (χ0v) is 13.8. The third-order valence-electron chi connectivity index (χ3n) is 3.64. The van der Waals surface area contributed by atoms with Crippen LogP contribution < -0.4 is 10.9 Å². The van der Waals surface area contributed by atoms with Crippen LogP contribution >= 0.6 is 0 Å². The molecule has 0 spiro atoms. The third kappa shape index (κ3) is 4.40. The van der Waals surface area contributed by atoms with Gasteiger partial charge in [-0.05, 0) is 36.4 Å². The van der Waals surface area contributed by atoms with Gasteiger partial charge in [-0.2, -0.15) is 5.10 Å². The van der Waals surface area contributed by atoms with E-state index in [-0.39, 0.29) is 17.9 Å². The van der Waals surface area contributed by atoms with Crippen molar-refractivity contribution in [3.63, 3.8) is 0 Å². The Hall–Kier alpha value is -3.88. The van der Waals surface area contributed by atoms with Gasteiger partial charge in [0, 0.05) is 29.4 Å². The summed E-state index contributed by atoms with van der Waals surface area (Å²) in [6.45, 7) is -0.365. The Balaban J connectivity index is 1.79. The summed E-state index contributed by atoms with van der Waals surface area (Å²) < 4.78 is 14.1. The second-order valence-electron chi connectivity index (χ2n) is 5.58. The van der Waals surface area contributed by atoms with Crippen LogP contribution in [-0.4, -0.2) is 20.6 Å². The minimum atomic E-state index is -0.545. The summed E-state index contributed by atoms with van der Waals surface area (Å²) in [7, 11) is 0. The Bertz CT molecular complexity index is 1060. The molecule has 3 rings (SSSR count). The van der Waals surface area contributed by atoms with Gasteiger partial charge >= 0.3 is 0 Å². The molecule has 136 valence electrons. The van der Waals surface area contributed by atoms with Gasteiger partial charge in [0.15, 0.2) is 0 Å². The number of rotatable bonds is 5. The van der Waals surface area contributed by atoms with Crippen LogP contribution in [0, 0.1) is 15.9 Å². The first kappa shape index (κ1) is 17.9.